The second-order valence-corrected chi connectivity index (χ2v) is 5.22. The van der Waals surface area contributed by atoms with Crippen molar-refractivity contribution in [3.05, 3.63) is 0 Å². The van der Waals surface area contributed by atoms with Crippen molar-refractivity contribution < 1.29 is 13.0 Å². The zero-order chi connectivity index (χ0) is 6.08. The van der Waals surface area contributed by atoms with E-state index in [1.807, 2.05) is 0 Å². The molecule has 0 aromatic heterocycles. The summed E-state index contributed by atoms with van der Waals surface area (Å²) in [6.45, 7) is 0. The predicted octanol–water partition coefficient (Wildman–Crippen LogP) is 0.711. The lowest BCUT2D eigenvalue weighted by Crippen LogP contribution is -2.07. The first-order valence-corrected chi connectivity index (χ1v) is 3.85. The van der Waals surface area contributed by atoms with Crippen molar-refractivity contribution in [3.8, 4) is 0 Å². The van der Waals surface area contributed by atoms with Crippen molar-refractivity contribution in [2.45, 2.75) is 0 Å². The molecule has 0 radical (unpaired) electrons. The average molecular weight is 255 g/mol. The monoisotopic (exact) mass is 253 g/mol. The topological polar surface area (TPSA) is 57.6 Å². The van der Waals surface area contributed by atoms with Crippen molar-refractivity contribution in [3.63, 3.8) is 0 Å². The molecule has 0 unspecified atom stereocenters. The Labute approximate surface area is 58.1 Å². The van der Waals surface area contributed by atoms with Gasteiger partial charge >= 0.3 is 10.3 Å². The zero-order valence-corrected chi connectivity index (χ0v) is 6.86. The van der Waals surface area contributed by atoms with Gasteiger partial charge in [0.25, 0.3) is 0 Å². The second kappa shape index (κ2) is 2.40. The van der Waals surface area contributed by atoms with E-state index in [0.29, 0.717) is 2.36 Å². The molecule has 0 saturated carbocycles. The van der Waals surface area contributed by atoms with Crippen LogP contribution in [0.15, 0.2) is 0 Å². The van der Waals surface area contributed by atoms with Crippen LogP contribution in [0.25, 0.3) is 0 Å². The quantitative estimate of drug-likeness (QED) is 0.554. The number of nitrogens with zero attached hydrogens (tertiary/aromatic N) is 1. The van der Waals surface area contributed by atoms with Gasteiger partial charge in [-0.15, -0.1) is 0 Å². The summed E-state index contributed by atoms with van der Waals surface area (Å²) < 4.78 is 27.7. The van der Waals surface area contributed by atoms with E-state index in [-0.39, 0.29) is 0 Å². The van der Waals surface area contributed by atoms with Crippen molar-refractivity contribution in [1.82, 2.24) is 2.36 Å². The van der Waals surface area contributed by atoms with E-state index in [1.165, 1.54) is 0 Å². The lowest BCUT2D eigenvalue weighted by atomic mass is 13.9. The van der Waals surface area contributed by atoms with Crippen molar-refractivity contribution >= 4 is 42.6 Å². The van der Waals surface area contributed by atoms with Crippen molar-refractivity contribution in [2.75, 3.05) is 0 Å². The van der Waals surface area contributed by atoms with Gasteiger partial charge in [0.1, 0.15) is 0 Å². The molecule has 0 aliphatic carbocycles. The van der Waals surface area contributed by atoms with E-state index in [1.54, 1.807) is 0 Å². The summed E-state index contributed by atoms with van der Waals surface area (Å²) in [5.74, 6) is 0. The molecule has 0 aliphatic heterocycles. The van der Waals surface area contributed by atoms with Crippen LogP contribution in [0.2, 0.25) is 0 Å². The fourth-order valence-corrected chi connectivity index (χ4v) is 0. The molecule has 7 heavy (non-hydrogen) atoms. The molecule has 44 valence electrons. The smallest absolute Gasteiger partial charge is 0.272 e. The van der Waals surface area contributed by atoms with Crippen LogP contribution in [-0.4, -0.2) is 15.3 Å². The Bertz CT molecular complexity index is 135. The minimum absolute atomic E-state index is 0.340. The van der Waals surface area contributed by atoms with Gasteiger partial charge in [-0.05, 0) is 2.36 Å². The highest BCUT2D eigenvalue weighted by Gasteiger charge is 2.09. The molecular formula is HBr2NO3S. The van der Waals surface area contributed by atoms with Crippen LogP contribution in [0.1, 0.15) is 0 Å². The van der Waals surface area contributed by atoms with Gasteiger partial charge in [-0.2, -0.15) is 8.42 Å². The molecule has 0 fully saturated rings. The molecule has 4 nitrogen and oxygen atoms in total. The summed E-state index contributed by atoms with van der Waals surface area (Å²) in [4.78, 5) is 0. The summed E-state index contributed by atoms with van der Waals surface area (Å²) in [5, 5.41) is 0. The van der Waals surface area contributed by atoms with E-state index in [0.717, 1.165) is 0 Å². The Balaban J connectivity index is 4.10. The fourth-order valence-electron chi connectivity index (χ4n) is 0. The molecule has 0 spiro atoms. The molecule has 0 aromatic rings. The maximum Gasteiger partial charge on any atom is 0.355 e. The lowest BCUT2D eigenvalue weighted by molar-refractivity contribution is 0.469. The van der Waals surface area contributed by atoms with Crippen LogP contribution in [0.5, 0.6) is 0 Å². The van der Waals surface area contributed by atoms with Crippen molar-refractivity contribution in [2.24, 2.45) is 0 Å². The third-order valence-corrected chi connectivity index (χ3v) is 2.72. The number of hydrogen-bond acceptors (Lipinski definition) is 2. The van der Waals surface area contributed by atoms with Gasteiger partial charge in [-0.1, -0.05) is 0 Å². The van der Waals surface area contributed by atoms with E-state index >= 15 is 0 Å². The molecule has 0 aliphatic rings. The molecule has 7 heteroatoms. The molecular weight excluding hydrogens is 254 g/mol. The number of halogens is 2. The van der Waals surface area contributed by atoms with Gasteiger partial charge in [0.05, 0.1) is 0 Å². The van der Waals surface area contributed by atoms with Crippen LogP contribution in [0, 0.1) is 0 Å². The Morgan fingerprint density at radius 3 is 1.57 bits per heavy atom. The zero-order valence-electron chi connectivity index (χ0n) is 2.88. The first-order valence-electron chi connectivity index (χ1n) is 1.04. The Hall–Kier alpha value is 0.830. The van der Waals surface area contributed by atoms with Crippen LogP contribution in [0.3, 0.4) is 0 Å². The summed E-state index contributed by atoms with van der Waals surface area (Å²) >= 11 is 4.81. The van der Waals surface area contributed by atoms with Gasteiger partial charge in [0.15, 0.2) is 0 Å². The Morgan fingerprint density at radius 2 is 1.57 bits per heavy atom. The van der Waals surface area contributed by atoms with Crippen LogP contribution in [0.4, 0.5) is 0 Å². The Morgan fingerprint density at radius 1 is 1.43 bits per heavy atom. The van der Waals surface area contributed by atoms with Crippen LogP contribution < -0.4 is 0 Å². The van der Waals surface area contributed by atoms with E-state index in [4.69, 9.17) is 4.55 Å². The largest absolute Gasteiger partial charge is 0.355 e. The highest BCUT2D eigenvalue weighted by atomic mass is 79.9. The summed E-state index contributed by atoms with van der Waals surface area (Å²) in [7, 11) is -4.07. The molecule has 0 bridgehead atoms. The highest BCUT2D eigenvalue weighted by Crippen LogP contribution is 2.09. The third kappa shape index (κ3) is 3.42. The molecule has 1 N–H and O–H groups in total. The average Bonchev–Trinajstić information content (AvgIpc) is 1.31. The van der Waals surface area contributed by atoms with Crippen molar-refractivity contribution in [1.29, 1.82) is 0 Å². The number of hydrogen-bond donors (Lipinski definition) is 1. The minimum Gasteiger partial charge on any atom is -0.272 e. The van der Waals surface area contributed by atoms with Gasteiger partial charge in [0.2, 0.25) is 0 Å². The fraction of sp³-hybridized carbons (Fsp3) is 0. The van der Waals surface area contributed by atoms with Gasteiger partial charge in [-0.25, -0.2) is 0 Å². The van der Waals surface area contributed by atoms with Gasteiger partial charge in [-0.3, -0.25) is 4.55 Å². The molecule has 0 amide bonds. The summed E-state index contributed by atoms with van der Waals surface area (Å²) in [6.07, 6.45) is 0. The van der Waals surface area contributed by atoms with E-state index in [2.05, 4.69) is 32.3 Å². The van der Waals surface area contributed by atoms with E-state index < -0.39 is 10.3 Å². The Kier molecular flexibility index (Phi) is 2.69. The third-order valence-electron chi connectivity index (χ3n) is 0.174. The first-order chi connectivity index (χ1) is 2.94. The predicted molar refractivity (Wildman–Crippen MR) is 31.2 cm³/mol. The van der Waals surface area contributed by atoms with Crippen LogP contribution >= 0.6 is 32.3 Å². The second-order valence-electron chi connectivity index (χ2n) is 0.650. The van der Waals surface area contributed by atoms with Crippen LogP contribution in [-0.2, 0) is 10.3 Å². The normalized spacial score (nSPS) is 12.6. The minimum atomic E-state index is -4.07. The first kappa shape index (κ1) is 7.83. The van der Waals surface area contributed by atoms with E-state index in [9.17, 15) is 8.42 Å². The summed E-state index contributed by atoms with van der Waals surface area (Å²) in [6, 6.07) is 0. The summed E-state index contributed by atoms with van der Waals surface area (Å²) in [5.41, 5.74) is 0. The molecule has 0 heterocycles. The number of rotatable bonds is 1. The van der Waals surface area contributed by atoms with Gasteiger partial charge in [0, 0.05) is 32.3 Å². The highest BCUT2D eigenvalue weighted by molar-refractivity contribution is 9.22. The molecule has 0 aromatic carbocycles. The maximum absolute atomic E-state index is 9.72. The standard InChI is InChI=1S/Br2HNO3S/c1-3(2)7(4,5)6/h(H,4,5,6). The molecule has 0 rings (SSSR count). The lowest BCUT2D eigenvalue weighted by Gasteiger charge is -1.94. The van der Waals surface area contributed by atoms with Gasteiger partial charge < -0.3 is 0 Å². The molecule has 0 saturated heterocycles. The molecule has 0 atom stereocenters. The SMILES string of the molecule is O=S(=O)(O)N(Br)Br. The maximum atomic E-state index is 9.72.